The summed E-state index contributed by atoms with van der Waals surface area (Å²) in [7, 11) is 0. The molecular weight excluding hydrogens is 229 g/mol. The number of fused-ring (bicyclic) bond motifs is 1. The van der Waals surface area contributed by atoms with Crippen LogP contribution in [0.3, 0.4) is 0 Å². The van der Waals surface area contributed by atoms with Gasteiger partial charge in [0.1, 0.15) is 6.04 Å². The average Bonchev–Trinajstić information content (AvgIpc) is 2.63. The largest absolute Gasteiger partial charge is 0.410 e. The van der Waals surface area contributed by atoms with E-state index in [1.54, 1.807) is 18.2 Å². The lowest BCUT2D eigenvalue weighted by molar-refractivity contribution is -0.164. The highest BCUT2D eigenvalue weighted by Crippen LogP contribution is 2.33. The third-order valence-electron chi connectivity index (χ3n) is 2.92. The van der Waals surface area contributed by atoms with Gasteiger partial charge in [-0.05, 0) is 24.6 Å². The number of aryl methyl sites for hydroxylation is 1. The molecule has 17 heavy (non-hydrogen) atoms. The number of benzene rings is 1. The topological polar surface area (TPSA) is 30.9 Å². The maximum atomic E-state index is 12.8. The maximum absolute atomic E-state index is 12.8. The first-order chi connectivity index (χ1) is 7.95. The lowest BCUT2D eigenvalue weighted by Crippen LogP contribution is -2.32. The highest BCUT2D eigenvalue weighted by Gasteiger charge is 2.40. The second-order valence-corrected chi connectivity index (χ2v) is 4.02. The number of nitrogens with two attached hydrogens (primary N) is 1. The first kappa shape index (κ1) is 12.0. The van der Waals surface area contributed by atoms with Gasteiger partial charge < -0.3 is 10.3 Å². The normalized spacial score (nSPS) is 14.2. The van der Waals surface area contributed by atoms with Crippen molar-refractivity contribution < 1.29 is 13.2 Å². The van der Waals surface area contributed by atoms with Crippen molar-refractivity contribution in [1.82, 2.24) is 4.57 Å². The molecule has 2 nitrogen and oxygen atoms in total. The molecule has 92 valence electrons. The Morgan fingerprint density at radius 1 is 1.29 bits per heavy atom. The number of rotatable bonds is 2. The molecule has 0 saturated heterocycles. The highest BCUT2D eigenvalue weighted by atomic mass is 19.4. The van der Waals surface area contributed by atoms with Crippen LogP contribution in [0.15, 0.2) is 30.5 Å². The van der Waals surface area contributed by atoms with Gasteiger partial charge in [0.15, 0.2) is 0 Å². The first-order valence-electron chi connectivity index (χ1n) is 5.28. The average molecular weight is 242 g/mol. The number of hydrogen-bond donors (Lipinski definition) is 1. The van der Waals surface area contributed by atoms with E-state index in [0.29, 0.717) is 5.52 Å². The van der Waals surface area contributed by atoms with Gasteiger partial charge in [0.05, 0.1) is 0 Å². The van der Waals surface area contributed by atoms with Crippen molar-refractivity contribution in [3.63, 3.8) is 0 Å². The Balaban J connectivity index is 2.59. The highest BCUT2D eigenvalue weighted by molar-refractivity contribution is 5.83. The molecule has 1 atom stereocenters. The molecule has 0 amide bonds. The van der Waals surface area contributed by atoms with E-state index in [9.17, 15) is 13.2 Å². The van der Waals surface area contributed by atoms with Gasteiger partial charge in [-0.25, -0.2) is 0 Å². The molecule has 1 heterocycles. The molecule has 0 aliphatic carbocycles. The summed E-state index contributed by atoms with van der Waals surface area (Å²) in [6, 6.07) is 5.33. The molecule has 1 aromatic heterocycles. The maximum Gasteiger partial charge on any atom is 0.410 e. The summed E-state index contributed by atoms with van der Waals surface area (Å²) in [6.45, 7) is 1.42. The lowest BCUT2D eigenvalue weighted by Gasteiger charge is -2.21. The number of hydrogen-bond acceptors (Lipinski definition) is 1. The Morgan fingerprint density at radius 2 is 2.00 bits per heavy atom. The Bertz CT molecular complexity index is 528. The molecule has 2 rings (SSSR count). The van der Waals surface area contributed by atoms with Crippen LogP contribution in [-0.4, -0.2) is 17.3 Å². The minimum absolute atomic E-state index is 0.457. The van der Waals surface area contributed by atoms with Gasteiger partial charge in [0.25, 0.3) is 0 Å². The van der Waals surface area contributed by atoms with Crippen molar-refractivity contribution in [2.24, 2.45) is 5.73 Å². The SMILES string of the molecule is Cc1cccc2c1ccn2C(CN)C(F)(F)F. The van der Waals surface area contributed by atoms with Crippen LogP contribution >= 0.6 is 0 Å². The quantitative estimate of drug-likeness (QED) is 0.862. The monoisotopic (exact) mass is 242 g/mol. The van der Waals surface area contributed by atoms with Crippen LogP contribution < -0.4 is 5.73 Å². The first-order valence-corrected chi connectivity index (χ1v) is 5.28. The third-order valence-corrected chi connectivity index (χ3v) is 2.92. The van der Waals surface area contributed by atoms with Crippen molar-refractivity contribution in [1.29, 1.82) is 0 Å². The standard InChI is InChI=1S/C12H13F3N2/c1-8-3-2-4-10-9(8)5-6-17(10)11(7-16)12(13,14)15/h2-6,11H,7,16H2,1H3. The van der Waals surface area contributed by atoms with Crippen molar-refractivity contribution in [3.05, 3.63) is 36.0 Å². The summed E-state index contributed by atoms with van der Waals surface area (Å²) < 4.78 is 39.6. The zero-order valence-electron chi connectivity index (χ0n) is 9.33. The zero-order chi connectivity index (χ0) is 12.6. The van der Waals surface area contributed by atoms with Gasteiger partial charge in [0, 0.05) is 23.6 Å². The Kier molecular flexibility index (Phi) is 2.87. The summed E-state index contributed by atoms with van der Waals surface area (Å²) in [5.74, 6) is 0. The van der Waals surface area contributed by atoms with Crippen molar-refractivity contribution in [2.75, 3.05) is 6.54 Å². The molecule has 0 saturated carbocycles. The van der Waals surface area contributed by atoms with Crippen LogP contribution in [0.1, 0.15) is 11.6 Å². The van der Waals surface area contributed by atoms with Crippen molar-refractivity contribution in [3.8, 4) is 0 Å². The minimum Gasteiger partial charge on any atom is -0.334 e. The van der Waals surface area contributed by atoms with E-state index in [0.717, 1.165) is 10.9 Å². The van der Waals surface area contributed by atoms with Crippen LogP contribution in [0, 0.1) is 6.92 Å². The van der Waals surface area contributed by atoms with E-state index in [-0.39, 0.29) is 0 Å². The molecule has 0 aliphatic heterocycles. The molecule has 0 spiro atoms. The predicted octanol–water partition coefficient (Wildman–Crippen LogP) is 3.01. The number of nitrogens with zero attached hydrogens (tertiary/aromatic N) is 1. The van der Waals surface area contributed by atoms with Gasteiger partial charge in [0.2, 0.25) is 0 Å². The van der Waals surface area contributed by atoms with Crippen molar-refractivity contribution in [2.45, 2.75) is 19.1 Å². The van der Waals surface area contributed by atoms with Crippen LogP contribution in [0.2, 0.25) is 0 Å². The predicted molar refractivity (Wildman–Crippen MR) is 60.8 cm³/mol. The number of alkyl halides is 3. The van der Waals surface area contributed by atoms with Crippen LogP contribution in [0.25, 0.3) is 10.9 Å². The van der Waals surface area contributed by atoms with E-state index in [4.69, 9.17) is 5.73 Å². The minimum atomic E-state index is -4.33. The number of aromatic nitrogens is 1. The van der Waals surface area contributed by atoms with E-state index >= 15 is 0 Å². The van der Waals surface area contributed by atoms with Gasteiger partial charge >= 0.3 is 6.18 Å². The van der Waals surface area contributed by atoms with E-state index in [2.05, 4.69) is 0 Å². The fraction of sp³-hybridized carbons (Fsp3) is 0.333. The molecule has 0 bridgehead atoms. The van der Waals surface area contributed by atoms with Crippen LogP contribution in [0.4, 0.5) is 13.2 Å². The van der Waals surface area contributed by atoms with E-state index in [1.165, 1.54) is 10.8 Å². The Morgan fingerprint density at radius 3 is 2.59 bits per heavy atom. The summed E-state index contributed by atoms with van der Waals surface area (Å²) in [5, 5.41) is 0.829. The molecule has 1 unspecified atom stereocenters. The van der Waals surface area contributed by atoms with E-state index < -0.39 is 18.8 Å². The second kappa shape index (κ2) is 4.07. The molecule has 0 fully saturated rings. The molecule has 0 aliphatic rings. The fourth-order valence-corrected chi connectivity index (χ4v) is 2.02. The fourth-order valence-electron chi connectivity index (χ4n) is 2.02. The summed E-state index contributed by atoms with van der Waals surface area (Å²) in [6.07, 6.45) is -2.88. The van der Waals surface area contributed by atoms with Gasteiger partial charge in [-0.15, -0.1) is 0 Å². The van der Waals surface area contributed by atoms with E-state index in [1.807, 2.05) is 13.0 Å². The molecule has 2 N–H and O–H groups in total. The summed E-state index contributed by atoms with van der Waals surface area (Å²) >= 11 is 0. The zero-order valence-corrected chi connectivity index (χ0v) is 9.33. The second-order valence-electron chi connectivity index (χ2n) is 4.02. The van der Waals surface area contributed by atoms with Crippen LogP contribution in [0.5, 0.6) is 0 Å². The molecule has 5 heteroatoms. The van der Waals surface area contributed by atoms with Crippen molar-refractivity contribution >= 4 is 10.9 Å². The van der Waals surface area contributed by atoms with Gasteiger partial charge in [-0.1, -0.05) is 12.1 Å². The Hall–Kier alpha value is -1.49. The summed E-state index contributed by atoms with van der Waals surface area (Å²) in [5.41, 5.74) is 6.76. The lowest BCUT2D eigenvalue weighted by atomic mass is 10.1. The molecule has 0 radical (unpaired) electrons. The number of halogens is 3. The third kappa shape index (κ3) is 2.02. The molecular formula is C12H13F3N2. The smallest absolute Gasteiger partial charge is 0.334 e. The van der Waals surface area contributed by atoms with Gasteiger partial charge in [-0.3, -0.25) is 0 Å². The molecule has 2 aromatic rings. The Labute approximate surface area is 96.8 Å². The molecule has 1 aromatic carbocycles. The van der Waals surface area contributed by atoms with Crippen LogP contribution in [-0.2, 0) is 0 Å². The summed E-state index contributed by atoms with van der Waals surface area (Å²) in [4.78, 5) is 0. The van der Waals surface area contributed by atoms with Gasteiger partial charge in [-0.2, -0.15) is 13.2 Å².